The molecule has 1 aliphatic carbocycles. The van der Waals surface area contributed by atoms with Gasteiger partial charge in [-0.3, -0.25) is 9.59 Å². The normalized spacial score (nSPS) is 27.6. The summed E-state index contributed by atoms with van der Waals surface area (Å²) < 4.78 is 0. The van der Waals surface area contributed by atoms with Crippen molar-refractivity contribution in [2.45, 2.75) is 45.4 Å². The predicted octanol–water partition coefficient (Wildman–Crippen LogP) is 2.25. The van der Waals surface area contributed by atoms with Crippen LogP contribution < -0.4 is 0 Å². The number of aliphatic carboxylic acids is 1. The largest absolute Gasteiger partial charge is 0.481 e. The van der Waals surface area contributed by atoms with Crippen molar-refractivity contribution in [3.8, 4) is 0 Å². The van der Waals surface area contributed by atoms with Gasteiger partial charge in [0.2, 0.25) is 0 Å². The van der Waals surface area contributed by atoms with Gasteiger partial charge >= 0.3 is 5.97 Å². The van der Waals surface area contributed by atoms with Gasteiger partial charge < -0.3 is 5.11 Å². The summed E-state index contributed by atoms with van der Waals surface area (Å²) in [5.41, 5.74) is 0. The van der Waals surface area contributed by atoms with E-state index in [1.807, 2.05) is 0 Å². The summed E-state index contributed by atoms with van der Waals surface area (Å²) in [6.45, 7) is 2.08. The Balaban J connectivity index is 2.38. The van der Waals surface area contributed by atoms with Crippen molar-refractivity contribution < 1.29 is 14.7 Å². The van der Waals surface area contributed by atoms with Crippen molar-refractivity contribution in [2.24, 2.45) is 11.8 Å². The lowest BCUT2D eigenvalue weighted by Crippen LogP contribution is -2.26. The molecule has 2 atom stereocenters. The van der Waals surface area contributed by atoms with E-state index in [0.29, 0.717) is 6.42 Å². The predicted molar refractivity (Wildman–Crippen MR) is 53.0 cm³/mol. The Morgan fingerprint density at radius 3 is 2.71 bits per heavy atom. The Hall–Kier alpha value is -0.860. The second kappa shape index (κ2) is 5.13. The lowest BCUT2D eigenvalue weighted by atomic mass is 9.78. The molecule has 0 aliphatic heterocycles. The highest BCUT2D eigenvalue weighted by molar-refractivity contribution is 5.82. The quantitative estimate of drug-likeness (QED) is 0.753. The van der Waals surface area contributed by atoms with Crippen LogP contribution in [0.1, 0.15) is 45.4 Å². The van der Waals surface area contributed by atoms with Gasteiger partial charge in [-0.25, -0.2) is 0 Å². The number of Topliss-reactive ketones (excluding diaryl/α,β-unsaturated/α-hetero) is 1. The third-order valence-corrected chi connectivity index (χ3v) is 2.97. The molecule has 0 spiro atoms. The van der Waals surface area contributed by atoms with Crippen LogP contribution in [0.4, 0.5) is 0 Å². The summed E-state index contributed by atoms with van der Waals surface area (Å²) in [5.74, 6) is -0.195. The molecule has 0 bridgehead atoms. The molecule has 0 aromatic carbocycles. The summed E-state index contributed by atoms with van der Waals surface area (Å²) in [6.07, 6.45) is 4.45. The second-order valence-electron chi connectivity index (χ2n) is 4.20. The van der Waals surface area contributed by atoms with E-state index in [1.165, 1.54) is 0 Å². The second-order valence-corrected chi connectivity index (χ2v) is 4.20. The number of rotatable bonds is 4. The highest BCUT2D eigenvalue weighted by atomic mass is 16.4. The van der Waals surface area contributed by atoms with Crippen molar-refractivity contribution in [2.75, 3.05) is 0 Å². The SMILES string of the molecule is CCCC1CCC(CC(=O)O)CC1=O. The highest BCUT2D eigenvalue weighted by Gasteiger charge is 2.28. The third-order valence-electron chi connectivity index (χ3n) is 2.97. The molecule has 1 aliphatic rings. The zero-order valence-electron chi connectivity index (χ0n) is 8.66. The molecule has 1 N–H and O–H groups in total. The van der Waals surface area contributed by atoms with Crippen LogP contribution in [0.25, 0.3) is 0 Å². The first-order chi connectivity index (χ1) is 6.63. The first-order valence-electron chi connectivity index (χ1n) is 5.38. The van der Waals surface area contributed by atoms with E-state index in [1.54, 1.807) is 0 Å². The highest BCUT2D eigenvalue weighted by Crippen LogP contribution is 2.30. The van der Waals surface area contributed by atoms with Crippen LogP contribution in [0.2, 0.25) is 0 Å². The van der Waals surface area contributed by atoms with Gasteiger partial charge in [-0.05, 0) is 25.2 Å². The van der Waals surface area contributed by atoms with E-state index in [9.17, 15) is 9.59 Å². The number of hydrogen-bond acceptors (Lipinski definition) is 2. The lowest BCUT2D eigenvalue weighted by Gasteiger charge is -2.26. The summed E-state index contributed by atoms with van der Waals surface area (Å²) in [4.78, 5) is 22.1. The maximum Gasteiger partial charge on any atom is 0.303 e. The first-order valence-corrected chi connectivity index (χ1v) is 5.38. The van der Waals surface area contributed by atoms with Gasteiger partial charge in [-0.2, -0.15) is 0 Å². The molecule has 1 rings (SSSR count). The van der Waals surface area contributed by atoms with Gasteiger partial charge in [-0.1, -0.05) is 13.3 Å². The number of carboxylic acid groups (broad SMARTS) is 1. The van der Waals surface area contributed by atoms with Crippen molar-refractivity contribution >= 4 is 11.8 Å². The topological polar surface area (TPSA) is 54.4 Å². The van der Waals surface area contributed by atoms with Gasteiger partial charge in [0, 0.05) is 18.8 Å². The van der Waals surface area contributed by atoms with Crippen LogP contribution in [0.5, 0.6) is 0 Å². The third kappa shape index (κ3) is 3.13. The minimum absolute atomic E-state index is 0.0908. The fraction of sp³-hybridized carbons (Fsp3) is 0.818. The molecule has 3 heteroatoms. The molecule has 3 nitrogen and oxygen atoms in total. The van der Waals surface area contributed by atoms with Crippen LogP contribution >= 0.6 is 0 Å². The van der Waals surface area contributed by atoms with Crippen molar-refractivity contribution in [3.05, 3.63) is 0 Å². The Morgan fingerprint density at radius 2 is 2.21 bits per heavy atom. The molecule has 0 aromatic rings. The monoisotopic (exact) mass is 198 g/mol. The fourth-order valence-corrected chi connectivity index (χ4v) is 2.23. The molecule has 0 radical (unpaired) electrons. The molecule has 1 fully saturated rings. The maximum absolute atomic E-state index is 11.6. The Labute approximate surface area is 84.5 Å². The van der Waals surface area contributed by atoms with Crippen molar-refractivity contribution in [1.82, 2.24) is 0 Å². The summed E-state index contributed by atoms with van der Waals surface area (Å²) >= 11 is 0. The number of carboxylic acids is 1. The van der Waals surface area contributed by atoms with Crippen LogP contribution in [0, 0.1) is 11.8 Å². The molecule has 0 amide bonds. The fourth-order valence-electron chi connectivity index (χ4n) is 2.23. The van der Waals surface area contributed by atoms with E-state index in [0.717, 1.165) is 25.7 Å². The molecule has 14 heavy (non-hydrogen) atoms. The molecule has 0 saturated heterocycles. The average molecular weight is 198 g/mol. The Kier molecular flexibility index (Phi) is 4.11. The number of carbonyl (C=O) groups is 2. The molecule has 2 unspecified atom stereocenters. The Bertz CT molecular complexity index is 223. The molecular formula is C11H18O3. The number of hydrogen-bond donors (Lipinski definition) is 1. The standard InChI is InChI=1S/C11H18O3/c1-2-3-9-5-4-8(6-10(9)12)7-11(13)14/h8-9H,2-7H2,1H3,(H,13,14). The lowest BCUT2D eigenvalue weighted by molar-refractivity contribution is -0.139. The van der Waals surface area contributed by atoms with Crippen LogP contribution in [-0.2, 0) is 9.59 Å². The minimum atomic E-state index is -0.781. The van der Waals surface area contributed by atoms with Crippen LogP contribution in [-0.4, -0.2) is 16.9 Å². The molecule has 1 saturated carbocycles. The molecule has 0 aromatic heterocycles. The molecule has 0 heterocycles. The van der Waals surface area contributed by atoms with E-state index >= 15 is 0 Å². The van der Waals surface area contributed by atoms with Gasteiger partial charge in [0.05, 0.1) is 0 Å². The van der Waals surface area contributed by atoms with E-state index in [-0.39, 0.29) is 24.0 Å². The van der Waals surface area contributed by atoms with Crippen LogP contribution in [0.15, 0.2) is 0 Å². The van der Waals surface area contributed by atoms with E-state index in [4.69, 9.17) is 5.11 Å². The summed E-state index contributed by atoms with van der Waals surface area (Å²) in [7, 11) is 0. The van der Waals surface area contributed by atoms with Crippen molar-refractivity contribution in [3.63, 3.8) is 0 Å². The maximum atomic E-state index is 11.6. The van der Waals surface area contributed by atoms with E-state index in [2.05, 4.69) is 6.92 Å². The Morgan fingerprint density at radius 1 is 1.50 bits per heavy atom. The van der Waals surface area contributed by atoms with Crippen LogP contribution in [0.3, 0.4) is 0 Å². The minimum Gasteiger partial charge on any atom is -0.481 e. The molecule has 80 valence electrons. The molecular weight excluding hydrogens is 180 g/mol. The first kappa shape index (κ1) is 11.2. The van der Waals surface area contributed by atoms with Gasteiger partial charge in [0.15, 0.2) is 0 Å². The summed E-state index contributed by atoms with van der Waals surface area (Å²) in [5, 5.41) is 8.61. The zero-order chi connectivity index (χ0) is 10.6. The zero-order valence-corrected chi connectivity index (χ0v) is 8.66. The van der Waals surface area contributed by atoms with Gasteiger partial charge in [0.25, 0.3) is 0 Å². The smallest absolute Gasteiger partial charge is 0.303 e. The number of ketones is 1. The van der Waals surface area contributed by atoms with Gasteiger partial charge in [0.1, 0.15) is 5.78 Å². The van der Waals surface area contributed by atoms with E-state index < -0.39 is 5.97 Å². The summed E-state index contributed by atoms with van der Waals surface area (Å²) in [6, 6.07) is 0. The number of carbonyl (C=O) groups excluding carboxylic acids is 1. The van der Waals surface area contributed by atoms with Crippen molar-refractivity contribution in [1.29, 1.82) is 0 Å². The van der Waals surface area contributed by atoms with Gasteiger partial charge in [-0.15, -0.1) is 0 Å². The average Bonchev–Trinajstić information content (AvgIpc) is 2.09.